The molecule has 0 radical (unpaired) electrons. The molecule has 212 valence electrons. The predicted molar refractivity (Wildman–Crippen MR) is 187 cm³/mol. The number of nitrogens with zero attached hydrogens (tertiary/aromatic N) is 1. The Kier molecular flexibility index (Phi) is 8.91. The Labute approximate surface area is 259 Å². The van der Waals surface area contributed by atoms with Crippen molar-refractivity contribution in [1.82, 2.24) is 0 Å². The number of fused-ring (bicyclic) bond motifs is 1. The molecule has 0 spiro atoms. The van der Waals surface area contributed by atoms with Crippen LogP contribution in [0.5, 0.6) is 0 Å². The van der Waals surface area contributed by atoms with Crippen LogP contribution in [-0.2, 0) is 0 Å². The molecule has 0 bridgehead atoms. The van der Waals surface area contributed by atoms with Crippen molar-refractivity contribution in [1.29, 1.82) is 0 Å². The van der Waals surface area contributed by atoms with Crippen LogP contribution in [0.2, 0.25) is 0 Å². The lowest BCUT2D eigenvalue weighted by Gasteiger charge is -2.26. The molecule has 0 atom stereocenters. The Morgan fingerprint density at radius 1 is 0.545 bits per heavy atom. The summed E-state index contributed by atoms with van der Waals surface area (Å²) in [6, 6.07) is 54.3. The minimum absolute atomic E-state index is 0.830. The van der Waals surface area contributed by atoms with Crippen LogP contribution >= 0.6 is 0 Å². The zero-order valence-electron chi connectivity index (χ0n) is 24.5. The van der Waals surface area contributed by atoms with Gasteiger partial charge in [-0.25, -0.2) is 0 Å². The number of anilines is 2. The number of hydrogen-bond acceptors (Lipinski definition) is 2. The van der Waals surface area contributed by atoms with Gasteiger partial charge in [0.1, 0.15) is 5.58 Å². The largest absolute Gasteiger partial charge is 0.464 e. The van der Waals surface area contributed by atoms with Crippen molar-refractivity contribution in [3.05, 3.63) is 200 Å². The highest BCUT2D eigenvalue weighted by atomic mass is 16.3. The van der Waals surface area contributed by atoms with Crippen molar-refractivity contribution in [2.24, 2.45) is 0 Å². The standard InChI is InChI=1S/C42H33NO/c1-2-39(20-13-16-33-14-7-5-8-15-33)43(40-26-21-35(22-27-40)34-17-10-6-11-18-34)41-28-23-36(24-29-41)37-25-30-42-38(32-37)19-9-3-4-12-31-44-42/h2-32H,1H2/b4-3?,16-13+,19-9?,31-12?,39-20+. The summed E-state index contributed by atoms with van der Waals surface area (Å²) in [5.41, 5.74) is 9.67. The lowest BCUT2D eigenvalue weighted by Crippen LogP contribution is -2.14. The first-order valence-electron chi connectivity index (χ1n) is 14.7. The molecular weight excluding hydrogens is 534 g/mol. The lowest BCUT2D eigenvalue weighted by atomic mass is 10.0. The fraction of sp³-hybridized carbons (Fsp3) is 0. The molecule has 44 heavy (non-hydrogen) atoms. The zero-order valence-corrected chi connectivity index (χ0v) is 24.5. The molecule has 0 saturated carbocycles. The Balaban J connectivity index is 1.37. The summed E-state index contributed by atoms with van der Waals surface area (Å²) >= 11 is 0. The molecular formula is C42H33NO. The van der Waals surface area contributed by atoms with E-state index in [0.29, 0.717) is 0 Å². The highest BCUT2D eigenvalue weighted by molar-refractivity contribution is 5.83. The normalized spacial score (nSPS) is 11.3. The quantitative estimate of drug-likeness (QED) is 0.170. The minimum atomic E-state index is 0.830. The van der Waals surface area contributed by atoms with Crippen LogP contribution < -0.4 is 4.90 Å². The van der Waals surface area contributed by atoms with Gasteiger partial charge in [-0.2, -0.15) is 0 Å². The first-order chi connectivity index (χ1) is 21.8. The molecule has 2 nitrogen and oxygen atoms in total. The topological polar surface area (TPSA) is 16.4 Å². The molecule has 0 amide bonds. The second-order valence-corrected chi connectivity index (χ2v) is 10.3. The van der Waals surface area contributed by atoms with E-state index in [9.17, 15) is 0 Å². The van der Waals surface area contributed by atoms with E-state index in [2.05, 4.69) is 133 Å². The molecule has 1 aromatic heterocycles. The molecule has 0 aliphatic carbocycles. The fourth-order valence-corrected chi connectivity index (χ4v) is 5.15. The Morgan fingerprint density at radius 3 is 1.77 bits per heavy atom. The number of rotatable bonds is 8. The molecule has 0 aliphatic rings. The van der Waals surface area contributed by atoms with E-state index < -0.39 is 0 Å². The first kappa shape index (κ1) is 28.3. The SMILES string of the molecule is C=C/C(=C\C=C\c1ccccc1)N(c1ccc(-c2ccccc2)cc1)c1ccc(-c2ccc3occccccc3c2)cc1. The maximum Gasteiger partial charge on any atom is 0.133 e. The van der Waals surface area contributed by atoms with Gasteiger partial charge < -0.3 is 9.32 Å². The van der Waals surface area contributed by atoms with Crippen LogP contribution in [0.15, 0.2) is 199 Å². The summed E-state index contributed by atoms with van der Waals surface area (Å²) in [5.74, 6) is 0. The highest BCUT2D eigenvalue weighted by Gasteiger charge is 2.13. The Morgan fingerprint density at radius 2 is 1.09 bits per heavy atom. The van der Waals surface area contributed by atoms with Crippen LogP contribution in [0.4, 0.5) is 11.4 Å². The van der Waals surface area contributed by atoms with E-state index in [1.165, 1.54) is 11.1 Å². The summed E-state index contributed by atoms with van der Waals surface area (Å²) in [7, 11) is 0. The summed E-state index contributed by atoms with van der Waals surface area (Å²) in [5, 5.41) is 1.03. The minimum Gasteiger partial charge on any atom is -0.464 e. The molecule has 2 heteroatoms. The third-order valence-electron chi connectivity index (χ3n) is 7.41. The van der Waals surface area contributed by atoms with Gasteiger partial charge in [-0.15, -0.1) is 0 Å². The second kappa shape index (κ2) is 13.9. The predicted octanol–water partition coefficient (Wildman–Crippen LogP) is 11.8. The summed E-state index contributed by atoms with van der Waals surface area (Å²) in [6.07, 6.45) is 9.89. The van der Waals surface area contributed by atoms with Crippen LogP contribution in [0.25, 0.3) is 39.3 Å². The van der Waals surface area contributed by atoms with Crippen LogP contribution in [0, 0.1) is 0 Å². The van der Waals surface area contributed by atoms with Gasteiger partial charge in [-0.3, -0.25) is 0 Å². The van der Waals surface area contributed by atoms with Crippen LogP contribution in [0.3, 0.4) is 0 Å². The van der Waals surface area contributed by atoms with Gasteiger partial charge in [-0.05, 0) is 82.4 Å². The van der Waals surface area contributed by atoms with Crippen LogP contribution in [-0.4, -0.2) is 0 Å². The molecule has 0 fully saturated rings. The van der Waals surface area contributed by atoms with E-state index in [0.717, 1.165) is 44.7 Å². The number of benzene rings is 5. The maximum absolute atomic E-state index is 5.82. The van der Waals surface area contributed by atoms with E-state index in [-0.39, 0.29) is 0 Å². The van der Waals surface area contributed by atoms with Crippen molar-refractivity contribution in [2.45, 2.75) is 0 Å². The molecule has 1 heterocycles. The van der Waals surface area contributed by atoms with E-state index in [1.54, 1.807) is 6.26 Å². The highest BCUT2D eigenvalue weighted by Crippen LogP contribution is 2.34. The number of hydrogen-bond donors (Lipinski definition) is 0. The number of allylic oxidation sites excluding steroid dienone is 3. The van der Waals surface area contributed by atoms with Crippen molar-refractivity contribution >= 4 is 28.4 Å². The van der Waals surface area contributed by atoms with Gasteiger partial charge in [-0.1, -0.05) is 134 Å². The monoisotopic (exact) mass is 567 g/mol. The third kappa shape index (κ3) is 6.78. The lowest BCUT2D eigenvalue weighted by molar-refractivity contribution is 0.607. The molecule has 6 rings (SSSR count). The summed E-state index contributed by atoms with van der Waals surface area (Å²) in [6.45, 7) is 4.18. The van der Waals surface area contributed by atoms with Gasteiger partial charge in [0, 0.05) is 22.5 Å². The van der Waals surface area contributed by atoms with Gasteiger partial charge in [0.15, 0.2) is 0 Å². The van der Waals surface area contributed by atoms with Gasteiger partial charge in [0.25, 0.3) is 0 Å². The average molecular weight is 568 g/mol. The second-order valence-electron chi connectivity index (χ2n) is 10.3. The van der Waals surface area contributed by atoms with Gasteiger partial charge in [0.2, 0.25) is 0 Å². The van der Waals surface area contributed by atoms with Crippen molar-refractivity contribution < 1.29 is 4.42 Å². The van der Waals surface area contributed by atoms with E-state index in [1.807, 2.05) is 60.7 Å². The molecule has 0 N–H and O–H groups in total. The van der Waals surface area contributed by atoms with Gasteiger partial charge >= 0.3 is 0 Å². The Hall–Kier alpha value is -5.86. The van der Waals surface area contributed by atoms with Gasteiger partial charge in [0.05, 0.1) is 6.26 Å². The van der Waals surface area contributed by atoms with E-state index in [4.69, 9.17) is 4.42 Å². The molecule has 6 aromatic rings. The average Bonchev–Trinajstić information content (AvgIpc) is 3.21. The first-order valence-corrected chi connectivity index (χ1v) is 14.7. The molecule has 0 saturated heterocycles. The summed E-state index contributed by atoms with van der Waals surface area (Å²) in [4.78, 5) is 2.24. The third-order valence-corrected chi connectivity index (χ3v) is 7.41. The summed E-state index contributed by atoms with van der Waals surface area (Å²) < 4.78 is 5.82. The molecule has 0 unspecified atom stereocenters. The molecule has 5 aromatic carbocycles. The van der Waals surface area contributed by atoms with Crippen molar-refractivity contribution in [3.8, 4) is 22.3 Å². The Bertz CT molecular complexity index is 1950. The molecule has 0 aliphatic heterocycles. The van der Waals surface area contributed by atoms with Crippen molar-refractivity contribution in [2.75, 3.05) is 4.90 Å². The smallest absolute Gasteiger partial charge is 0.133 e. The fourth-order valence-electron chi connectivity index (χ4n) is 5.15. The van der Waals surface area contributed by atoms with E-state index >= 15 is 0 Å². The zero-order chi connectivity index (χ0) is 30.0. The van der Waals surface area contributed by atoms with Crippen molar-refractivity contribution in [3.63, 3.8) is 0 Å². The van der Waals surface area contributed by atoms with Crippen LogP contribution in [0.1, 0.15) is 5.56 Å². The maximum atomic E-state index is 5.82.